The Morgan fingerprint density at radius 3 is 2.55 bits per heavy atom. The fourth-order valence-electron chi connectivity index (χ4n) is 2.08. The number of benzene rings is 2. The molecule has 0 aliphatic rings. The molecule has 0 aliphatic carbocycles. The Kier molecular flexibility index (Phi) is 5.09. The molecule has 0 aliphatic heterocycles. The van der Waals surface area contributed by atoms with Gasteiger partial charge < -0.3 is 0 Å². The average Bonchev–Trinajstić information content (AvgIpc) is 2.47. The predicted molar refractivity (Wildman–Crippen MR) is 82.3 cm³/mol. The summed E-state index contributed by atoms with van der Waals surface area (Å²) in [5.41, 5.74) is 1.87. The van der Waals surface area contributed by atoms with Crippen molar-refractivity contribution in [3.63, 3.8) is 0 Å². The average molecular weight is 328 g/mol. The molecule has 0 N–H and O–H groups in total. The molecule has 0 amide bonds. The Morgan fingerprint density at radius 2 is 1.90 bits per heavy atom. The van der Waals surface area contributed by atoms with Crippen LogP contribution in [0.5, 0.6) is 0 Å². The Balaban J connectivity index is 2.05. The molecule has 3 heteroatoms. The lowest BCUT2D eigenvalue weighted by Gasteiger charge is -2.09. The van der Waals surface area contributed by atoms with Gasteiger partial charge in [0.05, 0.1) is 6.07 Å². The maximum Gasteiger partial charge on any atom is 0.154 e. The van der Waals surface area contributed by atoms with E-state index in [1.807, 2.05) is 54.6 Å². The molecule has 2 aromatic carbocycles. The fraction of sp³-hybridized carbons (Fsp3) is 0.176. The number of nitriles is 1. The summed E-state index contributed by atoms with van der Waals surface area (Å²) >= 11 is 3.36. The van der Waals surface area contributed by atoms with Crippen molar-refractivity contribution in [2.75, 3.05) is 0 Å². The van der Waals surface area contributed by atoms with Gasteiger partial charge in [-0.1, -0.05) is 58.4 Å². The number of hydrogen-bond acceptors (Lipinski definition) is 2. The highest BCUT2D eigenvalue weighted by molar-refractivity contribution is 9.10. The Bertz CT molecular complexity index is 631. The summed E-state index contributed by atoms with van der Waals surface area (Å²) in [6.07, 6.45) is 1.06. The number of carbonyl (C=O) groups excluding carboxylic acids is 1. The van der Waals surface area contributed by atoms with E-state index in [9.17, 15) is 10.1 Å². The number of aryl methyl sites for hydroxylation is 1. The van der Waals surface area contributed by atoms with Crippen LogP contribution in [0.15, 0.2) is 59.1 Å². The van der Waals surface area contributed by atoms with Crippen LogP contribution in [0.3, 0.4) is 0 Å². The van der Waals surface area contributed by atoms with Crippen molar-refractivity contribution >= 4 is 21.7 Å². The minimum absolute atomic E-state index is 0.0329. The van der Waals surface area contributed by atoms with Crippen LogP contribution in [0, 0.1) is 11.3 Å². The molecule has 2 nitrogen and oxygen atoms in total. The van der Waals surface area contributed by atoms with Gasteiger partial charge in [0.25, 0.3) is 0 Å². The van der Waals surface area contributed by atoms with E-state index in [1.54, 1.807) is 0 Å². The smallest absolute Gasteiger partial charge is 0.154 e. The minimum atomic E-state index is -0.684. The summed E-state index contributed by atoms with van der Waals surface area (Å²) in [4.78, 5) is 12.2. The molecule has 0 aromatic heterocycles. The molecule has 2 aromatic rings. The molecule has 0 saturated heterocycles. The summed E-state index contributed by atoms with van der Waals surface area (Å²) in [5.74, 6) is -0.717. The summed E-state index contributed by atoms with van der Waals surface area (Å²) in [6, 6.07) is 19.3. The Hall–Kier alpha value is -1.92. The molecule has 100 valence electrons. The van der Waals surface area contributed by atoms with Crippen molar-refractivity contribution in [1.29, 1.82) is 5.26 Å². The van der Waals surface area contributed by atoms with Gasteiger partial charge in [-0.15, -0.1) is 0 Å². The Labute approximate surface area is 127 Å². The summed E-state index contributed by atoms with van der Waals surface area (Å²) < 4.78 is 0.881. The highest BCUT2D eigenvalue weighted by Crippen LogP contribution is 2.22. The lowest BCUT2D eigenvalue weighted by atomic mass is 9.92. The summed E-state index contributed by atoms with van der Waals surface area (Å²) in [6.45, 7) is 0. The first kappa shape index (κ1) is 14.5. The number of Topliss-reactive ketones (excluding diaryl/α,β-unsaturated/α-hetero) is 1. The van der Waals surface area contributed by atoms with Gasteiger partial charge in [-0.05, 0) is 29.7 Å². The molecule has 0 saturated carbocycles. The van der Waals surface area contributed by atoms with Crippen LogP contribution >= 0.6 is 15.9 Å². The van der Waals surface area contributed by atoms with E-state index in [4.69, 9.17) is 0 Å². The molecule has 1 atom stereocenters. The zero-order valence-corrected chi connectivity index (χ0v) is 12.5. The number of carbonyl (C=O) groups is 1. The molecule has 0 radical (unpaired) electrons. The van der Waals surface area contributed by atoms with Gasteiger partial charge in [-0.2, -0.15) is 5.26 Å². The molecule has 2 rings (SSSR count). The largest absolute Gasteiger partial charge is 0.298 e. The number of rotatable bonds is 5. The summed E-state index contributed by atoms with van der Waals surface area (Å²) in [5, 5.41) is 9.25. The zero-order chi connectivity index (χ0) is 14.4. The lowest BCUT2D eigenvalue weighted by Crippen LogP contribution is -2.11. The van der Waals surface area contributed by atoms with E-state index >= 15 is 0 Å². The standard InChI is InChI=1S/C17H14BrNO/c18-15-8-4-7-14(11-15)16(12-19)17(20)10-9-13-5-2-1-3-6-13/h1-8,11,16H,9-10H2. The third-order valence-electron chi connectivity index (χ3n) is 3.14. The quantitative estimate of drug-likeness (QED) is 0.823. The first-order valence-electron chi connectivity index (χ1n) is 6.42. The minimum Gasteiger partial charge on any atom is -0.298 e. The van der Waals surface area contributed by atoms with Crippen LogP contribution in [0.2, 0.25) is 0 Å². The number of hydrogen-bond donors (Lipinski definition) is 0. The number of ketones is 1. The topological polar surface area (TPSA) is 40.9 Å². The molecule has 1 unspecified atom stereocenters. The number of nitrogens with zero attached hydrogens (tertiary/aromatic N) is 1. The molecule has 0 spiro atoms. The van der Waals surface area contributed by atoms with Crippen LogP contribution in [-0.2, 0) is 11.2 Å². The van der Waals surface area contributed by atoms with Crippen LogP contribution in [0.25, 0.3) is 0 Å². The van der Waals surface area contributed by atoms with Gasteiger partial charge in [-0.25, -0.2) is 0 Å². The van der Waals surface area contributed by atoms with E-state index in [1.165, 1.54) is 0 Å². The van der Waals surface area contributed by atoms with Gasteiger partial charge in [0.1, 0.15) is 5.92 Å². The lowest BCUT2D eigenvalue weighted by molar-refractivity contribution is -0.119. The van der Waals surface area contributed by atoms with E-state index in [-0.39, 0.29) is 5.78 Å². The van der Waals surface area contributed by atoms with Crippen LogP contribution in [0.4, 0.5) is 0 Å². The van der Waals surface area contributed by atoms with Crippen molar-refractivity contribution in [3.05, 3.63) is 70.2 Å². The number of halogens is 1. The van der Waals surface area contributed by atoms with Crippen molar-refractivity contribution in [1.82, 2.24) is 0 Å². The highest BCUT2D eigenvalue weighted by atomic mass is 79.9. The van der Waals surface area contributed by atoms with Crippen molar-refractivity contribution in [2.45, 2.75) is 18.8 Å². The highest BCUT2D eigenvalue weighted by Gasteiger charge is 2.19. The van der Waals surface area contributed by atoms with Crippen molar-refractivity contribution in [3.8, 4) is 6.07 Å². The van der Waals surface area contributed by atoms with Crippen LogP contribution < -0.4 is 0 Å². The van der Waals surface area contributed by atoms with E-state index in [0.717, 1.165) is 15.6 Å². The monoisotopic (exact) mass is 327 g/mol. The zero-order valence-electron chi connectivity index (χ0n) is 10.9. The SMILES string of the molecule is N#CC(C(=O)CCc1ccccc1)c1cccc(Br)c1. The predicted octanol–water partition coefficient (Wildman–Crippen LogP) is 4.26. The molecule has 0 heterocycles. The van der Waals surface area contributed by atoms with Gasteiger partial charge in [0, 0.05) is 10.9 Å². The molecular weight excluding hydrogens is 314 g/mol. The molecule has 20 heavy (non-hydrogen) atoms. The van der Waals surface area contributed by atoms with Crippen molar-refractivity contribution in [2.24, 2.45) is 0 Å². The Morgan fingerprint density at radius 1 is 1.15 bits per heavy atom. The normalized spacial score (nSPS) is 11.6. The van der Waals surface area contributed by atoms with Gasteiger partial charge in [0.2, 0.25) is 0 Å². The third-order valence-corrected chi connectivity index (χ3v) is 3.63. The van der Waals surface area contributed by atoms with E-state index in [2.05, 4.69) is 22.0 Å². The molecule has 0 fully saturated rings. The van der Waals surface area contributed by atoms with Gasteiger partial charge >= 0.3 is 0 Å². The second kappa shape index (κ2) is 7.02. The maximum atomic E-state index is 12.2. The molecular formula is C17H14BrNO. The van der Waals surface area contributed by atoms with E-state index < -0.39 is 5.92 Å². The first-order valence-corrected chi connectivity index (χ1v) is 7.21. The van der Waals surface area contributed by atoms with Crippen LogP contribution in [0.1, 0.15) is 23.5 Å². The fourth-order valence-corrected chi connectivity index (χ4v) is 2.49. The van der Waals surface area contributed by atoms with E-state index in [0.29, 0.717) is 12.8 Å². The van der Waals surface area contributed by atoms with Crippen LogP contribution in [-0.4, -0.2) is 5.78 Å². The third kappa shape index (κ3) is 3.79. The maximum absolute atomic E-state index is 12.2. The summed E-state index contributed by atoms with van der Waals surface area (Å²) in [7, 11) is 0. The van der Waals surface area contributed by atoms with Gasteiger partial charge in [0.15, 0.2) is 5.78 Å². The van der Waals surface area contributed by atoms with Gasteiger partial charge in [-0.3, -0.25) is 4.79 Å². The second-order valence-corrected chi connectivity index (χ2v) is 5.48. The molecule has 0 bridgehead atoms. The van der Waals surface area contributed by atoms with Crippen molar-refractivity contribution < 1.29 is 4.79 Å². The second-order valence-electron chi connectivity index (χ2n) is 4.57. The first-order chi connectivity index (χ1) is 9.70.